The van der Waals surface area contributed by atoms with Crippen molar-refractivity contribution in [1.29, 1.82) is 0 Å². The smallest absolute Gasteiger partial charge is 0.468 e. The van der Waals surface area contributed by atoms with Crippen molar-refractivity contribution >= 4 is 63.9 Å². The molecule has 6 aromatic rings. The molecule has 0 spiro atoms. The minimum absolute atomic E-state index is 0.192. The van der Waals surface area contributed by atoms with Gasteiger partial charge in [-0.2, -0.15) is 13.2 Å². The predicted octanol–water partition coefficient (Wildman–Crippen LogP) is 20.2. The fraction of sp³-hybridized carbons (Fsp3) is 0.337. The van der Waals surface area contributed by atoms with Crippen molar-refractivity contribution < 1.29 is 93.2 Å². The molecule has 0 radical (unpaired) electrons. The van der Waals surface area contributed by atoms with E-state index in [-0.39, 0.29) is 22.8 Å². The normalized spacial score (nSPS) is 17.7. The summed E-state index contributed by atoms with van der Waals surface area (Å²) in [6.45, 7) is 18.6. The molecular formula is C98H111F3N6O17S. The topological polar surface area (TPSA) is 271 Å². The van der Waals surface area contributed by atoms with E-state index in [2.05, 4.69) is 45.1 Å². The van der Waals surface area contributed by atoms with Gasteiger partial charge in [0.05, 0.1) is 48.7 Å². The number of imide groups is 1. The number of hydrogen-bond acceptors (Lipinski definition) is 17. The molecule has 1 saturated heterocycles. The highest BCUT2D eigenvalue weighted by molar-refractivity contribution is 7.92. The lowest BCUT2D eigenvalue weighted by Crippen LogP contribution is -2.43. The fourth-order valence-electron chi connectivity index (χ4n) is 13.8. The zero-order chi connectivity index (χ0) is 90.7. The number of cyclic esters (lactones) is 1. The number of alkyl carbamates (subject to hydrolysis) is 1. The van der Waals surface area contributed by atoms with Crippen LogP contribution in [0.5, 0.6) is 0 Å². The number of benzene rings is 6. The van der Waals surface area contributed by atoms with Crippen molar-refractivity contribution in [2.75, 3.05) is 26.9 Å². The molecule has 662 valence electrons. The summed E-state index contributed by atoms with van der Waals surface area (Å²) in [6, 6.07) is 54.8. The van der Waals surface area contributed by atoms with Crippen LogP contribution in [0, 0.1) is 29.6 Å². The zero-order valence-electron chi connectivity index (χ0n) is 72.0. The predicted molar refractivity (Wildman–Crippen MR) is 469 cm³/mol. The molecule has 12 rings (SSSR count). The van der Waals surface area contributed by atoms with E-state index in [9.17, 15) is 64.7 Å². The van der Waals surface area contributed by atoms with Gasteiger partial charge in [-0.05, 0) is 119 Å². The summed E-state index contributed by atoms with van der Waals surface area (Å²) in [7, 11) is -2.25. The molecule has 125 heavy (non-hydrogen) atoms. The first kappa shape index (κ1) is 97.5. The van der Waals surface area contributed by atoms with Gasteiger partial charge in [-0.25, -0.2) is 32.4 Å². The number of carbonyl (C=O) groups is 9. The molecule has 0 aliphatic carbocycles. The number of allylic oxidation sites excluding steroid dienone is 5. The lowest BCUT2D eigenvalue weighted by atomic mass is 9.71. The molecule has 1 N–H and O–H groups in total. The number of rotatable bonds is 25. The van der Waals surface area contributed by atoms with E-state index in [1.165, 1.54) is 69.0 Å². The summed E-state index contributed by atoms with van der Waals surface area (Å²) < 4.78 is 94.4. The van der Waals surface area contributed by atoms with E-state index < -0.39 is 91.7 Å². The van der Waals surface area contributed by atoms with Crippen molar-refractivity contribution in [1.82, 2.24) is 29.8 Å². The number of ether oxygens (including phenoxy) is 6. The van der Waals surface area contributed by atoms with Crippen molar-refractivity contribution in [3.05, 3.63) is 332 Å². The van der Waals surface area contributed by atoms with Crippen LogP contribution in [0.2, 0.25) is 0 Å². The van der Waals surface area contributed by atoms with Gasteiger partial charge in [0.2, 0.25) is 5.60 Å². The van der Waals surface area contributed by atoms with E-state index in [1.807, 2.05) is 99.7 Å². The molecule has 0 saturated carbocycles. The van der Waals surface area contributed by atoms with Gasteiger partial charge in [0.25, 0.3) is 11.8 Å². The van der Waals surface area contributed by atoms with Crippen LogP contribution in [0.25, 0.3) is 0 Å². The van der Waals surface area contributed by atoms with Gasteiger partial charge >= 0.3 is 48.4 Å². The van der Waals surface area contributed by atoms with Crippen LogP contribution in [0.15, 0.2) is 309 Å². The van der Waals surface area contributed by atoms with Crippen molar-refractivity contribution in [2.45, 2.75) is 159 Å². The summed E-state index contributed by atoms with van der Waals surface area (Å²) in [4.78, 5) is 116. The number of carbonyl (C=O) groups excluding carboxylic acids is 9. The van der Waals surface area contributed by atoms with Crippen LogP contribution in [-0.4, -0.2) is 131 Å². The Kier molecular flexibility index (Phi) is 36.7. The maximum atomic E-state index is 12.9. The van der Waals surface area contributed by atoms with Crippen LogP contribution in [0.4, 0.5) is 32.3 Å². The lowest BCUT2D eigenvalue weighted by molar-refractivity contribution is -0.180. The minimum atomic E-state index is -4.97. The van der Waals surface area contributed by atoms with Gasteiger partial charge in [0.1, 0.15) is 10.9 Å². The third kappa shape index (κ3) is 27.5. The number of sulfone groups is 1. The molecule has 0 aromatic heterocycles. The average molecular weight is 1730 g/mol. The average Bonchev–Trinajstić information content (AvgIpc) is 1.67. The monoisotopic (exact) mass is 1730 g/mol. The molecule has 5 unspecified atom stereocenters. The van der Waals surface area contributed by atoms with Gasteiger partial charge in [-0.1, -0.05) is 266 Å². The van der Waals surface area contributed by atoms with Gasteiger partial charge in [-0.3, -0.25) is 49.0 Å². The summed E-state index contributed by atoms with van der Waals surface area (Å²) in [5.74, 6) is -4.02. The molecule has 6 heterocycles. The zero-order valence-corrected chi connectivity index (χ0v) is 72.9. The van der Waals surface area contributed by atoms with E-state index >= 15 is 0 Å². The Hall–Kier alpha value is -12.9. The van der Waals surface area contributed by atoms with E-state index in [4.69, 9.17) is 28.4 Å². The summed E-state index contributed by atoms with van der Waals surface area (Å²) in [6.07, 6.45) is 32.3. The molecule has 6 aliphatic rings. The number of methoxy groups -OCH3 is 1. The Bertz CT molecular complexity index is 4980. The maximum Gasteiger partial charge on any atom is 0.472 e. The van der Waals surface area contributed by atoms with E-state index in [0.717, 1.165) is 75.8 Å². The molecule has 27 heteroatoms. The number of halogens is 3. The van der Waals surface area contributed by atoms with Crippen LogP contribution in [-0.2, 0) is 74.9 Å². The SMILES string of the molecule is CCCCC(CC)COC(=O)N1C=CC(S(=O)(=O)c2ccccc2)C=C1.CCCCC(CC)COC(=O)N1C=CC(c2ccccc2)C(C(=O)OC(C)(C)C)=C1.CCOC(=O)N1C=CC(Cc2ccccc2)C=C1.COC(=O)C(C)(c1ccccc1)C1C=CN(C(=O)C(F)(F)F)C=C1.O=C1NC(=O)C(c2ccccc2)(C2C=CN(C(=O)c3ccccc3)C=C2)O1. The van der Waals surface area contributed by atoms with Crippen molar-refractivity contribution in [3.63, 3.8) is 0 Å². The first-order valence-electron chi connectivity index (χ1n) is 41.7. The third-order valence-corrected chi connectivity index (χ3v) is 23.0. The number of nitrogens with zero attached hydrogens (tertiary/aromatic N) is 5. The van der Waals surface area contributed by atoms with Crippen LogP contribution in [0.1, 0.15) is 152 Å². The van der Waals surface area contributed by atoms with Crippen LogP contribution >= 0.6 is 0 Å². The van der Waals surface area contributed by atoms with E-state index in [0.29, 0.717) is 64.7 Å². The quantitative estimate of drug-likeness (QED) is 0.0412. The molecule has 1 fully saturated rings. The summed E-state index contributed by atoms with van der Waals surface area (Å²) in [5.41, 5.74) is 1.19. The van der Waals surface area contributed by atoms with Gasteiger partial charge in [0, 0.05) is 90.9 Å². The van der Waals surface area contributed by atoms with Crippen molar-refractivity contribution in [3.8, 4) is 0 Å². The largest absolute Gasteiger partial charge is 0.472 e. The molecule has 0 bridgehead atoms. The van der Waals surface area contributed by atoms with Gasteiger partial charge < -0.3 is 28.4 Å². The Morgan fingerprint density at radius 1 is 0.528 bits per heavy atom. The number of esters is 2. The first-order valence-corrected chi connectivity index (χ1v) is 43.2. The highest BCUT2D eigenvalue weighted by Gasteiger charge is 2.55. The second kappa shape index (κ2) is 47.1. The van der Waals surface area contributed by atoms with E-state index in [1.54, 1.807) is 172 Å². The number of nitrogens with one attached hydrogen (secondary N) is 1. The Balaban J connectivity index is 0.000000195. The highest BCUT2D eigenvalue weighted by Crippen LogP contribution is 2.42. The fourth-order valence-corrected chi connectivity index (χ4v) is 15.2. The number of alkyl halides is 3. The number of hydrogen-bond donors (Lipinski definition) is 1. The summed E-state index contributed by atoms with van der Waals surface area (Å²) >= 11 is 0. The Morgan fingerprint density at radius 3 is 1.46 bits per heavy atom. The minimum Gasteiger partial charge on any atom is -0.468 e. The molecular weight excluding hydrogens is 1620 g/mol. The molecule has 6 aliphatic heterocycles. The Labute approximate surface area is 730 Å². The Morgan fingerprint density at radius 2 is 0.984 bits per heavy atom. The van der Waals surface area contributed by atoms with Crippen molar-refractivity contribution in [2.24, 2.45) is 29.6 Å². The number of amides is 7. The van der Waals surface area contributed by atoms with Gasteiger partial charge in [0.15, 0.2) is 9.84 Å². The first-order chi connectivity index (χ1) is 59.8. The molecule has 5 atom stereocenters. The van der Waals surface area contributed by atoms with Crippen LogP contribution in [0.3, 0.4) is 0 Å². The van der Waals surface area contributed by atoms with Crippen LogP contribution < -0.4 is 5.32 Å². The molecule has 7 amide bonds. The molecule has 6 aromatic carbocycles. The molecule has 23 nitrogen and oxygen atoms in total. The second-order valence-corrected chi connectivity index (χ2v) is 33.1. The third-order valence-electron chi connectivity index (χ3n) is 21.0. The maximum absolute atomic E-state index is 12.9. The number of unbranched alkanes of at least 4 members (excludes halogenated alkanes) is 2. The standard InChI is InChI=1S/C25H35NO4.C21H16N2O4.C20H27NO4S.C17H16F3NO3.C15H17NO2/c1-6-8-12-19(7-2)18-29-24(28)26-16-15-21(20-13-10-9-11-14-20)22(17-26)23(27)30-25(3,4)5;24-18(15-7-3-1-4-8-15)23-13-11-17(12-14-23)21(16-9-5-2-6-10-16)19(25)22-20(26)27-21;1-3-5-9-17(4-2)16-25-20(22)21-14-12-19(13-15-21)26(23,24)18-10-7-6-8-11-18;1-16(15(23)24-2,12-6-4-3-5-7-12)13-8-10-21(11-9-13)14(22)17(18,19)20;1-2-18-15(17)16-10-8-14(9-11-16)12-13-6-4-3-5-7-13/h9-11,13-17,19,21H,6-8,12,18H2,1-5H3;1-14,17H,(H,22,25,26);6-8,10-15,17,19H,3-5,9,16H2,1-2H3;3-11,13H,1-2H3;3-11,14H,2,12H2,1H3. The second-order valence-electron chi connectivity index (χ2n) is 31.0. The highest BCUT2D eigenvalue weighted by atomic mass is 32.2. The summed E-state index contributed by atoms with van der Waals surface area (Å²) in [5, 5.41) is 1.42. The van der Waals surface area contributed by atoms with Gasteiger partial charge in [-0.15, -0.1) is 0 Å². The lowest BCUT2D eigenvalue weighted by Gasteiger charge is -2.34.